The fourth-order valence-corrected chi connectivity index (χ4v) is 2.00. The summed E-state index contributed by atoms with van der Waals surface area (Å²) in [6.45, 7) is 6.54. The van der Waals surface area contributed by atoms with Crippen LogP contribution in [0.4, 0.5) is 0 Å². The zero-order valence-electron chi connectivity index (χ0n) is 12.2. The Labute approximate surface area is 115 Å². The minimum Gasteiger partial charge on any atom is -0.508 e. The molecule has 106 valence electrons. The molecule has 0 aliphatic carbocycles. The quantitative estimate of drug-likeness (QED) is 0.738. The summed E-state index contributed by atoms with van der Waals surface area (Å²) in [5, 5.41) is 15.4. The number of phenolic OH excluding ortho intramolecular Hbond substituents is 1. The Balaban J connectivity index is 2.68. The van der Waals surface area contributed by atoms with Crippen molar-refractivity contribution in [3.8, 4) is 5.75 Å². The highest BCUT2D eigenvalue weighted by atomic mass is 16.3. The summed E-state index contributed by atoms with van der Waals surface area (Å²) in [7, 11) is 1.65. The van der Waals surface area contributed by atoms with Gasteiger partial charge in [0.1, 0.15) is 5.75 Å². The number of carbonyl (C=O) groups is 1. The fourth-order valence-electron chi connectivity index (χ4n) is 2.00. The van der Waals surface area contributed by atoms with E-state index in [0.717, 1.165) is 12.0 Å². The third-order valence-corrected chi connectivity index (χ3v) is 3.34. The van der Waals surface area contributed by atoms with Gasteiger partial charge in [0, 0.05) is 19.6 Å². The number of hydrogen-bond acceptors (Lipinski definition) is 3. The summed E-state index contributed by atoms with van der Waals surface area (Å²) in [6, 6.07) is 7.37. The van der Waals surface area contributed by atoms with Crippen molar-refractivity contribution >= 4 is 5.91 Å². The standard InChI is InChI=1S/C15H24N2O2/c1-5-13(11-6-8-12(18)9-7-11)17-10-15(2,3)14(19)16-4/h6-9,13,17-18H,5,10H2,1-4H3,(H,16,19). The van der Waals surface area contributed by atoms with Crippen LogP contribution in [0.25, 0.3) is 0 Å². The molecule has 1 rings (SSSR count). The van der Waals surface area contributed by atoms with Crippen LogP contribution in [-0.4, -0.2) is 24.6 Å². The third-order valence-electron chi connectivity index (χ3n) is 3.34. The first-order valence-corrected chi connectivity index (χ1v) is 6.65. The zero-order valence-corrected chi connectivity index (χ0v) is 12.2. The van der Waals surface area contributed by atoms with Gasteiger partial charge in [-0.3, -0.25) is 4.79 Å². The first-order valence-electron chi connectivity index (χ1n) is 6.65. The number of phenols is 1. The van der Waals surface area contributed by atoms with Gasteiger partial charge in [-0.2, -0.15) is 0 Å². The van der Waals surface area contributed by atoms with E-state index < -0.39 is 5.41 Å². The van der Waals surface area contributed by atoms with E-state index in [2.05, 4.69) is 17.6 Å². The molecule has 0 spiro atoms. The van der Waals surface area contributed by atoms with Crippen molar-refractivity contribution in [3.05, 3.63) is 29.8 Å². The van der Waals surface area contributed by atoms with Crippen molar-refractivity contribution in [2.24, 2.45) is 5.41 Å². The van der Waals surface area contributed by atoms with Crippen LogP contribution >= 0.6 is 0 Å². The molecule has 0 radical (unpaired) electrons. The van der Waals surface area contributed by atoms with E-state index in [4.69, 9.17) is 0 Å². The molecule has 4 nitrogen and oxygen atoms in total. The lowest BCUT2D eigenvalue weighted by Crippen LogP contribution is -2.42. The molecule has 0 aliphatic heterocycles. The summed E-state index contributed by atoms with van der Waals surface area (Å²) in [5.41, 5.74) is 0.673. The highest BCUT2D eigenvalue weighted by Crippen LogP contribution is 2.21. The highest BCUT2D eigenvalue weighted by molar-refractivity contribution is 5.81. The van der Waals surface area contributed by atoms with Crippen molar-refractivity contribution in [3.63, 3.8) is 0 Å². The van der Waals surface area contributed by atoms with E-state index in [1.807, 2.05) is 26.0 Å². The maximum atomic E-state index is 11.7. The first kappa shape index (κ1) is 15.5. The Kier molecular flexibility index (Phi) is 5.36. The van der Waals surface area contributed by atoms with Gasteiger partial charge >= 0.3 is 0 Å². The van der Waals surface area contributed by atoms with Crippen LogP contribution in [-0.2, 0) is 4.79 Å². The van der Waals surface area contributed by atoms with Crippen LogP contribution < -0.4 is 10.6 Å². The zero-order chi connectivity index (χ0) is 14.5. The molecule has 0 saturated heterocycles. The molecular weight excluding hydrogens is 240 g/mol. The molecule has 1 unspecified atom stereocenters. The lowest BCUT2D eigenvalue weighted by molar-refractivity contribution is -0.128. The number of rotatable bonds is 6. The molecule has 19 heavy (non-hydrogen) atoms. The van der Waals surface area contributed by atoms with Gasteiger partial charge in [-0.1, -0.05) is 19.1 Å². The molecule has 0 saturated carbocycles. The number of carbonyl (C=O) groups excluding carboxylic acids is 1. The maximum Gasteiger partial charge on any atom is 0.226 e. The van der Waals surface area contributed by atoms with Crippen LogP contribution in [0.15, 0.2) is 24.3 Å². The van der Waals surface area contributed by atoms with Gasteiger partial charge in [-0.15, -0.1) is 0 Å². The largest absolute Gasteiger partial charge is 0.508 e. The topological polar surface area (TPSA) is 61.4 Å². The summed E-state index contributed by atoms with van der Waals surface area (Å²) < 4.78 is 0. The SMILES string of the molecule is CCC(NCC(C)(C)C(=O)NC)c1ccc(O)cc1. The second-order valence-electron chi connectivity index (χ2n) is 5.40. The molecule has 0 heterocycles. The summed E-state index contributed by atoms with van der Waals surface area (Å²) in [4.78, 5) is 11.7. The predicted octanol–water partition coefficient (Wildman–Crippen LogP) is 2.21. The second-order valence-corrected chi connectivity index (χ2v) is 5.40. The Morgan fingerprint density at radius 3 is 2.37 bits per heavy atom. The van der Waals surface area contributed by atoms with Gasteiger partial charge in [0.15, 0.2) is 0 Å². The molecule has 1 aromatic carbocycles. The van der Waals surface area contributed by atoms with Gasteiger partial charge in [-0.25, -0.2) is 0 Å². The number of hydrogen-bond donors (Lipinski definition) is 3. The van der Waals surface area contributed by atoms with Crippen molar-refractivity contribution in [2.45, 2.75) is 33.2 Å². The van der Waals surface area contributed by atoms with E-state index in [9.17, 15) is 9.90 Å². The van der Waals surface area contributed by atoms with Gasteiger partial charge < -0.3 is 15.7 Å². The molecule has 4 heteroatoms. The maximum absolute atomic E-state index is 11.7. The highest BCUT2D eigenvalue weighted by Gasteiger charge is 2.27. The monoisotopic (exact) mass is 264 g/mol. The Morgan fingerprint density at radius 1 is 1.32 bits per heavy atom. The molecule has 3 N–H and O–H groups in total. The van der Waals surface area contributed by atoms with Crippen LogP contribution in [0.2, 0.25) is 0 Å². The van der Waals surface area contributed by atoms with E-state index in [-0.39, 0.29) is 17.7 Å². The molecule has 1 aromatic rings. The summed E-state index contributed by atoms with van der Waals surface area (Å²) in [5.74, 6) is 0.296. The van der Waals surface area contributed by atoms with E-state index in [1.54, 1.807) is 19.2 Å². The molecular formula is C15H24N2O2. The Hall–Kier alpha value is -1.55. The van der Waals surface area contributed by atoms with Gasteiger partial charge in [0.2, 0.25) is 5.91 Å². The number of nitrogens with one attached hydrogen (secondary N) is 2. The second kappa shape index (κ2) is 6.57. The third kappa shape index (κ3) is 4.24. The molecule has 0 fully saturated rings. The first-order chi connectivity index (χ1) is 8.90. The minimum absolute atomic E-state index is 0.0283. The van der Waals surface area contributed by atoms with Crippen molar-refractivity contribution in [1.29, 1.82) is 0 Å². The van der Waals surface area contributed by atoms with Gasteiger partial charge in [0.25, 0.3) is 0 Å². The normalized spacial score (nSPS) is 13.1. The molecule has 0 aliphatic rings. The average Bonchev–Trinajstić information content (AvgIpc) is 2.40. The average molecular weight is 264 g/mol. The van der Waals surface area contributed by atoms with Crippen molar-refractivity contribution < 1.29 is 9.90 Å². The number of aromatic hydroxyl groups is 1. The van der Waals surface area contributed by atoms with E-state index in [1.165, 1.54) is 0 Å². The minimum atomic E-state index is -0.445. The van der Waals surface area contributed by atoms with Crippen LogP contribution in [0.5, 0.6) is 5.75 Å². The summed E-state index contributed by atoms with van der Waals surface area (Å²) in [6.07, 6.45) is 0.925. The molecule has 0 aromatic heterocycles. The van der Waals surface area contributed by atoms with Crippen LogP contribution in [0.1, 0.15) is 38.8 Å². The summed E-state index contributed by atoms with van der Waals surface area (Å²) >= 11 is 0. The van der Waals surface area contributed by atoms with Crippen molar-refractivity contribution in [1.82, 2.24) is 10.6 Å². The van der Waals surface area contributed by atoms with E-state index >= 15 is 0 Å². The van der Waals surface area contributed by atoms with E-state index in [0.29, 0.717) is 6.54 Å². The molecule has 1 atom stereocenters. The van der Waals surface area contributed by atoms with Crippen molar-refractivity contribution in [2.75, 3.05) is 13.6 Å². The Bertz CT molecular complexity index is 413. The smallest absolute Gasteiger partial charge is 0.226 e. The molecule has 1 amide bonds. The molecule has 0 bridgehead atoms. The fraction of sp³-hybridized carbons (Fsp3) is 0.533. The lowest BCUT2D eigenvalue weighted by Gasteiger charge is -2.26. The van der Waals surface area contributed by atoms with Gasteiger partial charge in [-0.05, 0) is 38.0 Å². The van der Waals surface area contributed by atoms with Gasteiger partial charge in [0.05, 0.1) is 5.41 Å². The Morgan fingerprint density at radius 2 is 1.89 bits per heavy atom. The number of amides is 1. The predicted molar refractivity (Wildman–Crippen MR) is 77.0 cm³/mol. The number of benzene rings is 1. The lowest BCUT2D eigenvalue weighted by atomic mass is 9.91. The van der Waals surface area contributed by atoms with Crippen LogP contribution in [0.3, 0.4) is 0 Å². The van der Waals surface area contributed by atoms with Crippen LogP contribution in [0, 0.1) is 5.41 Å².